The van der Waals surface area contributed by atoms with Gasteiger partial charge in [-0.2, -0.15) is 0 Å². The lowest BCUT2D eigenvalue weighted by atomic mass is 10.2. The molecule has 0 spiro atoms. The van der Waals surface area contributed by atoms with Crippen molar-refractivity contribution in [1.29, 1.82) is 0 Å². The number of nitrogens with one attached hydrogen (secondary N) is 2. The molecular weight excluding hydrogens is 320 g/mol. The fourth-order valence-electron chi connectivity index (χ4n) is 2.20. The molecule has 0 aliphatic carbocycles. The first kappa shape index (κ1) is 18.3. The highest BCUT2D eigenvalue weighted by atomic mass is 16.5. The lowest BCUT2D eigenvalue weighted by Gasteiger charge is -2.09. The molecule has 132 valence electrons. The maximum Gasteiger partial charge on any atom is 0.224 e. The van der Waals surface area contributed by atoms with Crippen LogP contribution in [0.1, 0.15) is 19.8 Å². The van der Waals surface area contributed by atoms with Gasteiger partial charge in [0.15, 0.2) is 0 Å². The van der Waals surface area contributed by atoms with Crippen LogP contribution in [0.5, 0.6) is 11.5 Å². The van der Waals surface area contributed by atoms with Gasteiger partial charge in [-0.05, 0) is 48.9 Å². The maximum absolute atomic E-state index is 12.0. The van der Waals surface area contributed by atoms with Crippen LogP contribution in [0.15, 0.2) is 48.5 Å². The molecule has 25 heavy (non-hydrogen) atoms. The summed E-state index contributed by atoms with van der Waals surface area (Å²) in [6.07, 6.45) is 0.948. The molecule has 2 amide bonds. The van der Waals surface area contributed by atoms with E-state index in [4.69, 9.17) is 9.47 Å². The SMILES string of the molecule is COc1ccc(OCCCC(=O)Nc2cccc(NC(C)=O)c2)cc1. The summed E-state index contributed by atoms with van der Waals surface area (Å²) in [6, 6.07) is 14.3. The fourth-order valence-corrected chi connectivity index (χ4v) is 2.20. The number of hydrogen-bond donors (Lipinski definition) is 2. The van der Waals surface area contributed by atoms with Crippen LogP contribution in [0.2, 0.25) is 0 Å². The second-order valence-corrected chi connectivity index (χ2v) is 5.44. The molecule has 2 rings (SSSR count). The molecule has 2 aromatic carbocycles. The van der Waals surface area contributed by atoms with Gasteiger partial charge in [0.05, 0.1) is 13.7 Å². The van der Waals surface area contributed by atoms with Gasteiger partial charge < -0.3 is 20.1 Å². The molecule has 6 heteroatoms. The fraction of sp³-hybridized carbons (Fsp3) is 0.263. The molecule has 0 aliphatic rings. The van der Waals surface area contributed by atoms with E-state index in [2.05, 4.69) is 10.6 Å². The molecule has 0 atom stereocenters. The van der Waals surface area contributed by atoms with Crippen molar-refractivity contribution in [2.24, 2.45) is 0 Å². The lowest BCUT2D eigenvalue weighted by Crippen LogP contribution is -2.13. The summed E-state index contributed by atoms with van der Waals surface area (Å²) in [7, 11) is 1.61. The van der Waals surface area contributed by atoms with E-state index in [0.29, 0.717) is 30.8 Å². The molecule has 0 bridgehead atoms. The van der Waals surface area contributed by atoms with Crippen molar-refractivity contribution < 1.29 is 19.1 Å². The van der Waals surface area contributed by atoms with Crippen molar-refractivity contribution >= 4 is 23.2 Å². The van der Waals surface area contributed by atoms with Crippen molar-refractivity contribution in [3.05, 3.63) is 48.5 Å². The third-order valence-electron chi connectivity index (χ3n) is 3.34. The van der Waals surface area contributed by atoms with Crippen LogP contribution >= 0.6 is 0 Å². The minimum absolute atomic E-state index is 0.0988. The van der Waals surface area contributed by atoms with Gasteiger partial charge in [0, 0.05) is 24.7 Å². The largest absolute Gasteiger partial charge is 0.497 e. The zero-order valence-electron chi connectivity index (χ0n) is 14.4. The van der Waals surface area contributed by atoms with E-state index in [9.17, 15) is 9.59 Å². The van der Waals surface area contributed by atoms with Crippen LogP contribution in [-0.4, -0.2) is 25.5 Å². The number of benzene rings is 2. The molecule has 2 aromatic rings. The van der Waals surface area contributed by atoms with E-state index in [1.165, 1.54) is 6.92 Å². The van der Waals surface area contributed by atoms with E-state index >= 15 is 0 Å². The third kappa shape index (κ3) is 6.55. The Morgan fingerprint density at radius 2 is 1.60 bits per heavy atom. The Morgan fingerprint density at radius 1 is 0.960 bits per heavy atom. The molecule has 0 radical (unpaired) electrons. The van der Waals surface area contributed by atoms with Crippen LogP contribution in [0.4, 0.5) is 11.4 Å². The molecular formula is C19H22N2O4. The van der Waals surface area contributed by atoms with Crippen molar-refractivity contribution in [2.75, 3.05) is 24.4 Å². The molecule has 0 saturated heterocycles. The normalized spacial score (nSPS) is 10.0. The molecule has 0 unspecified atom stereocenters. The zero-order chi connectivity index (χ0) is 18.1. The topological polar surface area (TPSA) is 76.7 Å². The van der Waals surface area contributed by atoms with Gasteiger partial charge in [-0.1, -0.05) is 6.07 Å². The number of carbonyl (C=O) groups excluding carboxylic acids is 2. The lowest BCUT2D eigenvalue weighted by molar-refractivity contribution is -0.116. The van der Waals surface area contributed by atoms with Gasteiger partial charge in [-0.15, -0.1) is 0 Å². The Kier molecular flexibility index (Phi) is 6.83. The Balaban J connectivity index is 1.72. The highest BCUT2D eigenvalue weighted by Gasteiger charge is 2.04. The monoisotopic (exact) mass is 342 g/mol. The van der Waals surface area contributed by atoms with E-state index in [-0.39, 0.29) is 11.8 Å². The molecule has 0 fully saturated rings. The van der Waals surface area contributed by atoms with Gasteiger partial charge in [0.2, 0.25) is 11.8 Å². The number of methoxy groups -OCH3 is 1. The van der Waals surface area contributed by atoms with Crippen LogP contribution in [-0.2, 0) is 9.59 Å². The number of hydrogen-bond acceptors (Lipinski definition) is 4. The first-order valence-corrected chi connectivity index (χ1v) is 8.01. The molecule has 0 aliphatic heterocycles. The summed E-state index contributed by atoms with van der Waals surface area (Å²) >= 11 is 0. The first-order valence-electron chi connectivity index (χ1n) is 8.01. The summed E-state index contributed by atoms with van der Waals surface area (Å²) in [6.45, 7) is 1.89. The average molecular weight is 342 g/mol. The molecule has 0 aromatic heterocycles. The molecule has 0 heterocycles. The predicted molar refractivity (Wildman–Crippen MR) is 97.1 cm³/mol. The summed E-state index contributed by atoms with van der Waals surface area (Å²) in [5.41, 5.74) is 1.29. The van der Waals surface area contributed by atoms with Crippen LogP contribution < -0.4 is 20.1 Å². The molecule has 0 saturated carbocycles. The van der Waals surface area contributed by atoms with E-state index in [1.807, 2.05) is 24.3 Å². The predicted octanol–water partition coefficient (Wildman–Crippen LogP) is 3.45. The smallest absolute Gasteiger partial charge is 0.224 e. The van der Waals surface area contributed by atoms with Crippen molar-refractivity contribution in [1.82, 2.24) is 0 Å². The Labute approximate surface area is 147 Å². The second-order valence-electron chi connectivity index (χ2n) is 5.44. The summed E-state index contributed by atoms with van der Waals surface area (Å²) in [5, 5.41) is 5.48. The Morgan fingerprint density at radius 3 is 2.24 bits per heavy atom. The van der Waals surface area contributed by atoms with Crippen LogP contribution in [0.3, 0.4) is 0 Å². The highest BCUT2D eigenvalue weighted by molar-refractivity contribution is 5.93. The summed E-state index contributed by atoms with van der Waals surface area (Å²) in [4.78, 5) is 23.0. The van der Waals surface area contributed by atoms with E-state index < -0.39 is 0 Å². The standard InChI is InChI=1S/C19H22N2O4/c1-14(22)20-15-5-3-6-16(13-15)21-19(23)7-4-12-25-18-10-8-17(24-2)9-11-18/h3,5-6,8-11,13H,4,7,12H2,1-2H3,(H,20,22)(H,21,23). The summed E-state index contributed by atoms with van der Waals surface area (Å²) < 4.78 is 10.7. The van der Waals surface area contributed by atoms with E-state index in [0.717, 1.165) is 11.5 Å². The van der Waals surface area contributed by atoms with Crippen molar-refractivity contribution in [3.63, 3.8) is 0 Å². The average Bonchev–Trinajstić information content (AvgIpc) is 2.59. The second kappa shape index (κ2) is 9.32. The first-order chi connectivity index (χ1) is 12.1. The van der Waals surface area contributed by atoms with Crippen LogP contribution in [0.25, 0.3) is 0 Å². The van der Waals surface area contributed by atoms with Gasteiger partial charge in [0.25, 0.3) is 0 Å². The number of anilines is 2. The molecule has 2 N–H and O–H groups in total. The van der Waals surface area contributed by atoms with Gasteiger partial charge in [-0.3, -0.25) is 9.59 Å². The Bertz CT molecular complexity index is 714. The van der Waals surface area contributed by atoms with Crippen molar-refractivity contribution in [2.45, 2.75) is 19.8 Å². The van der Waals surface area contributed by atoms with Gasteiger partial charge in [0.1, 0.15) is 11.5 Å². The molecule has 6 nitrogen and oxygen atoms in total. The highest BCUT2D eigenvalue weighted by Crippen LogP contribution is 2.18. The zero-order valence-corrected chi connectivity index (χ0v) is 14.4. The third-order valence-corrected chi connectivity index (χ3v) is 3.34. The minimum Gasteiger partial charge on any atom is -0.497 e. The maximum atomic E-state index is 12.0. The number of rotatable bonds is 8. The number of ether oxygens (including phenoxy) is 2. The Hall–Kier alpha value is -3.02. The quantitative estimate of drug-likeness (QED) is 0.721. The van der Waals surface area contributed by atoms with E-state index in [1.54, 1.807) is 31.4 Å². The number of amides is 2. The number of carbonyl (C=O) groups is 2. The minimum atomic E-state index is -0.154. The summed E-state index contributed by atoms with van der Waals surface area (Å²) in [5.74, 6) is 1.26. The van der Waals surface area contributed by atoms with Crippen LogP contribution in [0, 0.1) is 0 Å². The van der Waals surface area contributed by atoms with Gasteiger partial charge >= 0.3 is 0 Å². The van der Waals surface area contributed by atoms with Crippen molar-refractivity contribution in [3.8, 4) is 11.5 Å². The van der Waals surface area contributed by atoms with Gasteiger partial charge in [-0.25, -0.2) is 0 Å².